The average molecular weight is 659 g/mol. The van der Waals surface area contributed by atoms with Crippen molar-refractivity contribution in [3.05, 3.63) is 151 Å². The lowest BCUT2D eigenvalue weighted by molar-refractivity contribution is 0.554. The van der Waals surface area contributed by atoms with Crippen LogP contribution in [0.2, 0.25) is 0 Å². The number of rotatable bonds is 5. The summed E-state index contributed by atoms with van der Waals surface area (Å²) in [4.78, 5) is 17.9. The second-order valence-electron chi connectivity index (χ2n) is 13.4. The van der Waals surface area contributed by atoms with Crippen LogP contribution < -0.4 is 10.6 Å². The lowest BCUT2D eigenvalue weighted by atomic mass is 9.91. The molecule has 4 heteroatoms. The molecule has 2 aliphatic carbocycles. The topological polar surface area (TPSA) is 33.1 Å². The molecule has 9 rings (SSSR count). The van der Waals surface area contributed by atoms with E-state index in [1.165, 1.54) is 53.0 Å². The Morgan fingerprint density at radius 2 is 1.52 bits per heavy atom. The minimum absolute atomic E-state index is 0.139. The van der Waals surface area contributed by atoms with Crippen LogP contribution >= 0.6 is 18.8 Å². The molecular formula is C44H37NOPS+. The predicted octanol–water partition coefficient (Wildman–Crippen LogP) is 11.2. The number of allylic oxidation sites excluding steroid dienone is 6. The van der Waals surface area contributed by atoms with Gasteiger partial charge in [0.1, 0.15) is 16.3 Å². The van der Waals surface area contributed by atoms with Gasteiger partial charge in [0.05, 0.1) is 15.9 Å². The molecule has 2 heterocycles. The van der Waals surface area contributed by atoms with E-state index in [1.54, 1.807) is 0 Å². The molecular weight excluding hydrogens is 622 g/mol. The number of thiophene rings is 1. The van der Waals surface area contributed by atoms with Crippen LogP contribution in [-0.2, 0) is 0 Å². The quantitative estimate of drug-likeness (QED) is 0.147. The highest BCUT2D eigenvalue weighted by Crippen LogP contribution is 2.60. The first-order valence-electron chi connectivity index (χ1n) is 17.1. The number of fused-ring (bicyclic) bond motifs is 6. The van der Waals surface area contributed by atoms with Crippen LogP contribution in [0.25, 0.3) is 53.0 Å². The number of para-hydroxylation sites is 1. The van der Waals surface area contributed by atoms with Gasteiger partial charge in [0.2, 0.25) is 7.49 Å². The third-order valence-corrected chi connectivity index (χ3v) is 15.1. The molecule has 1 N–H and O–H groups in total. The summed E-state index contributed by atoms with van der Waals surface area (Å²) in [5.41, 5.74) is 6.09. The number of aromatic nitrogens is 1. The van der Waals surface area contributed by atoms with Crippen molar-refractivity contribution in [3.63, 3.8) is 0 Å². The third-order valence-electron chi connectivity index (χ3n) is 10.4. The molecule has 0 spiro atoms. The molecule has 0 amide bonds. The van der Waals surface area contributed by atoms with Gasteiger partial charge in [-0.2, -0.15) is 0 Å². The normalized spacial score (nSPS) is 19.5. The van der Waals surface area contributed by atoms with Crippen LogP contribution in [-0.4, -0.2) is 15.5 Å². The fourth-order valence-electron chi connectivity index (χ4n) is 7.81. The van der Waals surface area contributed by atoms with E-state index in [9.17, 15) is 4.89 Å². The first kappa shape index (κ1) is 29.7. The molecule has 2 aromatic heterocycles. The van der Waals surface area contributed by atoms with E-state index in [-0.39, 0.29) is 5.66 Å². The summed E-state index contributed by atoms with van der Waals surface area (Å²) in [7, 11) is -2.62. The molecule has 2 unspecified atom stereocenters. The second-order valence-corrected chi connectivity index (χ2v) is 17.5. The largest absolute Gasteiger partial charge is 0.247 e. The van der Waals surface area contributed by atoms with E-state index in [0.29, 0.717) is 5.92 Å². The lowest BCUT2D eigenvalue weighted by Gasteiger charge is -2.30. The zero-order valence-corrected chi connectivity index (χ0v) is 28.7. The van der Waals surface area contributed by atoms with Gasteiger partial charge in [0.25, 0.3) is 0 Å². The maximum absolute atomic E-state index is 12.6. The molecule has 7 aromatic rings. The molecule has 48 heavy (non-hydrogen) atoms. The van der Waals surface area contributed by atoms with Crippen molar-refractivity contribution in [1.82, 2.24) is 4.98 Å². The standard InChI is InChI=1S/C44H37NOPS/c1-29-18-23-36(24-19-29)47(46,35-12-3-2-4-13-35)37-25-22-32-26-31(20-21-33(32)28-37)30-10-9-11-34(27-30)43-44-42(38-14-5-7-16-40(38)45-43)39-15-6-8-17-41(39)48-44/h2-8,10,12-18,20-23,25-29,36,46H,9,11,19,24H2,1H3/q+1/t29-,36?,47?/m0/s1. The van der Waals surface area contributed by atoms with E-state index >= 15 is 0 Å². The second kappa shape index (κ2) is 11.9. The Bertz CT molecular complexity index is 2460. The Morgan fingerprint density at radius 3 is 2.38 bits per heavy atom. The number of benzene rings is 5. The smallest absolute Gasteiger partial charge is 0.213 e. The number of hydrogen-bond acceptors (Lipinski definition) is 3. The van der Waals surface area contributed by atoms with Gasteiger partial charge >= 0.3 is 0 Å². The predicted molar refractivity (Wildman–Crippen MR) is 210 cm³/mol. The minimum Gasteiger partial charge on any atom is -0.247 e. The molecule has 0 radical (unpaired) electrons. The molecule has 2 nitrogen and oxygen atoms in total. The van der Waals surface area contributed by atoms with Gasteiger partial charge in [-0.05, 0) is 114 Å². The van der Waals surface area contributed by atoms with Crippen LogP contribution in [0.15, 0.2) is 140 Å². The number of pyridine rings is 1. The van der Waals surface area contributed by atoms with Gasteiger partial charge in [0, 0.05) is 20.9 Å². The highest BCUT2D eigenvalue weighted by Gasteiger charge is 2.49. The molecule has 3 atom stereocenters. The van der Waals surface area contributed by atoms with Crippen molar-refractivity contribution in [3.8, 4) is 0 Å². The molecule has 5 aromatic carbocycles. The van der Waals surface area contributed by atoms with Crippen LogP contribution in [0.1, 0.15) is 43.9 Å². The van der Waals surface area contributed by atoms with E-state index in [0.717, 1.165) is 47.5 Å². The molecule has 0 aliphatic heterocycles. The molecule has 0 fully saturated rings. The summed E-state index contributed by atoms with van der Waals surface area (Å²) in [6, 6.07) is 41.2. The molecule has 0 saturated carbocycles. The Hall–Kier alpha value is -4.40. The van der Waals surface area contributed by atoms with E-state index < -0.39 is 7.49 Å². The maximum Gasteiger partial charge on any atom is 0.213 e. The highest BCUT2D eigenvalue weighted by molar-refractivity contribution is 7.85. The number of hydrogen-bond donors (Lipinski definition) is 1. The van der Waals surface area contributed by atoms with Gasteiger partial charge in [-0.1, -0.05) is 91.9 Å². The Labute approximate surface area is 286 Å². The summed E-state index contributed by atoms with van der Waals surface area (Å²) in [6.07, 6.45) is 13.4. The van der Waals surface area contributed by atoms with Crippen LogP contribution in [0, 0.1) is 5.92 Å². The van der Waals surface area contributed by atoms with Crippen LogP contribution in [0.3, 0.4) is 0 Å². The SMILES string of the molecule is C[C@H]1C=CC([P+](O)(c2ccccc2)c2ccc3cc(C4=CCCC(c5nc6ccccc6c6c5sc5ccccc56)=C4)ccc3c2)CC1. The maximum atomic E-state index is 12.6. The molecule has 234 valence electrons. The Morgan fingerprint density at radius 1 is 0.750 bits per heavy atom. The van der Waals surface area contributed by atoms with Gasteiger partial charge in [-0.15, -0.1) is 11.3 Å². The summed E-state index contributed by atoms with van der Waals surface area (Å²) in [6.45, 7) is 2.27. The summed E-state index contributed by atoms with van der Waals surface area (Å²) in [5.74, 6) is 0.567. The van der Waals surface area contributed by atoms with Crippen molar-refractivity contribution in [2.24, 2.45) is 5.92 Å². The van der Waals surface area contributed by atoms with Crippen LogP contribution in [0.5, 0.6) is 0 Å². The minimum atomic E-state index is -2.62. The first-order valence-corrected chi connectivity index (χ1v) is 19.7. The zero-order valence-electron chi connectivity index (χ0n) is 27.0. The van der Waals surface area contributed by atoms with Gasteiger partial charge in [-0.3, -0.25) is 0 Å². The van der Waals surface area contributed by atoms with Crippen LogP contribution in [0.4, 0.5) is 0 Å². The van der Waals surface area contributed by atoms with Crippen molar-refractivity contribution >= 4 is 82.4 Å². The monoisotopic (exact) mass is 658 g/mol. The fraction of sp³-hybridized carbons (Fsp3) is 0.159. The van der Waals surface area contributed by atoms with Gasteiger partial charge < -0.3 is 0 Å². The lowest BCUT2D eigenvalue weighted by Crippen LogP contribution is -2.31. The highest BCUT2D eigenvalue weighted by atomic mass is 32.1. The van der Waals surface area contributed by atoms with E-state index in [2.05, 4.69) is 140 Å². The molecule has 2 aliphatic rings. The van der Waals surface area contributed by atoms with E-state index in [1.807, 2.05) is 17.4 Å². The Balaban J connectivity index is 1.11. The third kappa shape index (κ3) is 4.96. The summed E-state index contributed by atoms with van der Waals surface area (Å²) < 4.78 is 2.59. The molecule has 0 bridgehead atoms. The van der Waals surface area contributed by atoms with Gasteiger partial charge in [0.15, 0.2) is 0 Å². The Kier molecular flexibility index (Phi) is 7.39. The summed E-state index contributed by atoms with van der Waals surface area (Å²) in [5, 5.41) is 8.35. The van der Waals surface area contributed by atoms with Crippen molar-refractivity contribution in [2.45, 2.75) is 38.3 Å². The fourth-order valence-corrected chi connectivity index (χ4v) is 12.3. The van der Waals surface area contributed by atoms with E-state index in [4.69, 9.17) is 4.98 Å². The average Bonchev–Trinajstić information content (AvgIpc) is 3.54. The first-order chi connectivity index (χ1) is 23.6. The molecule has 0 saturated heterocycles. The number of nitrogens with zero attached hydrogens (tertiary/aromatic N) is 1. The van der Waals surface area contributed by atoms with Gasteiger partial charge in [-0.25, -0.2) is 9.88 Å². The zero-order chi connectivity index (χ0) is 32.2. The summed E-state index contributed by atoms with van der Waals surface area (Å²) >= 11 is 1.86. The van der Waals surface area contributed by atoms with Crippen molar-refractivity contribution < 1.29 is 4.89 Å². The van der Waals surface area contributed by atoms with Crippen molar-refractivity contribution in [2.75, 3.05) is 0 Å². The van der Waals surface area contributed by atoms with Crippen molar-refractivity contribution in [1.29, 1.82) is 0 Å².